The number of methoxy groups -OCH3 is 2. The Morgan fingerprint density at radius 3 is 2.24 bits per heavy atom. The molecule has 0 saturated carbocycles. The fraction of sp³-hybridized carbons (Fsp3) is 0.294. The average Bonchev–Trinajstić information content (AvgIpc) is 2.53. The summed E-state index contributed by atoms with van der Waals surface area (Å²) in [5, 5.41) is 9.64. The van der Waals surface area contributed by atoms with E-state index in [0.29, 0.717) is 17.9 Å². The third-order valence-electron chi connectivity index (χ3n) is 3.49. The SMILES string of the molecule is COc1ccc(C(CO)Cc2ccc(F)cc2)cc1OC. The smallest absolute Gasteiger partial charge is 0.160 e. The van der Waals surface area contributed by atoms with Crippen molar-refractivity contribution in [3.05, 3.63) is 59.4 Å². The topological polar surface area (TPSA) is 38.7 Å². The predicted octanol–water partition coefficient (Wildman–Crippen LogP) is 3.16. The Hall–Kier alpha value is -2.07. The van der Waals surface area contributed by atoms with Crippen LogP contribution in [0.1, 0.15) is 17.0 Å². The minimum atomic E-state index is -0.259. The molecule has 2 aromatic rings. The van der Waals surface area contributed by atoms with Crippen LogP contribution in [-0.2, 0) is 6.42 Å². The Morgan fingerprint density at radius 2 is 1.67 bits per heavy atom. The maximum Gasteiger partial charge on any atom is 0.160 e. The quantitative estimate of drug-likeness (QED) is 0.888. The molecule has 1 unspecified atom stereocenters. The van der Waals surface area contributed by atoms with Crippen molar-refractivity contribution in [2.75, 3.05) is 20.8 Å². The number of aliphatic hydroxyl groups excluding tert-OH is 1. The van der Waals surface area contributed by atoms with E-state index in [2.05, 4.69) is 0 Å². The molecule has 0 aliphatic carbocycles. The largest absolute Gasteiger partial charge is 0.493 e. The first kappa shape index (κ1) is 15.3. The van der Waals surface area contributed by atoms with Gasteiger partial charge in [-0.15, -0.1) is 0 Å². The lowest BCUT2D eigenvalue weighted by molar-refractivity contribution is 0.264. The number of halogens is 1. The highest BCUT2D eigenvalue weighted by Gasteiger charge is 2.14. The highest BCUT2D eigenvalue weighted by Crippen LogP contribution is 2.31. The Morgan fingerprint density at radius 1 is 1.00 bits per heavy atom. The van der Waals surface area contributed by atoms with Crippen LogP contribution in [0.2, 0.25) is 0 Å². The Kier molecular flexibility index (Phi) is 5.17. The van der Waals surface area contributed by atoms with E-state index in [4.69, 9.17) is 9.47 Å². The van der Waals surface area contributed by atoms with Crippen molar-refractivity contribution in [2.24, 2.45) is 0 Å². The summed E-state index contributed by atoms with van der Waals surface area (Å²) in [4.78, 5) is 0. The molecule has 2 aromatic carbocycles. The van der Waals surface area contributed by atoms with Gasteiger partial charge in [-0.2, -0.15) is 0 Å². The lowest BCUT2D eigenvalue weighted by Gasteiger charge is -2.17. The van der Waals surface area contributed by atoms with Gasteiger partial charge in [-0.05, 0) is 41.8 Å². The molecule has 0 heterocycles. The third-order valence-corrected chi connectivity index (χ3v) is 3.49. The molecule has 112 valence electrons. The molecule has 0 amide bonds. The van der Waals surface area contributed by atoms with Gasteiger partial charge in [0.15, 0.2) is 11.5 Å². The van der Waals surface area contributed by atoms with Crippen molar-refractivity contribution in [3.63, 3.8) is 0 Å². The second-order valence-electron chi connectivity index (χ2n) is 4.82. The minimum absolute atomic E-state index is 0.00681. The van der Waals surface area contributed by atoms with Crippen molar-refractivity contribution >= 4 is 0 Å². The van der Waals surface area contributed by atoms with E-state index in [0.717, 1.165) is 11.1 Å². The predicted molar refractivity (Wildman–Crippen MR) is 79.5 cm³/mol. The molecular formula is C17H19FO3. The zero-order chi connectivity index (χ0) is 15.2. The zero-order valence-corrected chi connectivity index (χ0v) is 12.2. The summed E-state index contributed by atoms with van der Waals surface area (Å²) in [5.74, 6) is 0.952. The third kappa shape index (κ3) is 3.73. The van der Waals surface area contributed by atoms with Crippen molar-refractivity contribution in [3.8, 4) is 11.5 Å². The number of benzene rings is 2. The molecule has 1 N–H and O–H groups in total. The number of hydrogen-bond donors (Lipinski definition) is 1. The van der Waals surface area contributed by atoms with Gasteiger partial charge in [0, 0.05) is 5.92 Å². The average molecular weight is 290 g/mol. The second kappa shape index (κ2) is 7.09. The maximum absolute atomic E-state index is 12.9. The lowest BCUT2D eigenvalue weighted by atomic mass is 9.92. The molecule has 1 atom stereocenters. The van der Waals surface area contributed by atoms with Crippen LogP contribution < -0.4 is 9.47 Å². The van der Waals surface area contributed by atoms with Crippen LogP contribution in [0.4, 0.5) is 4.39 Å². The van der Waals surface area contributed by atoms with E-state index in [1.54, 1.807) is 26.4 Å². The molecule has 0 saturated heterocycles. The lowest BCUT2D eigenvalue weighted by Crippen LogP contribution is -2.08. The van der Waals surface area contributed by atoms with E-state index < -0.39 is 0 Å². The summed E-state index contributed by atoms with van der Waals surface area (Å²) in [7, 11) is 3.16. The van der Waals surface area contributed by atoms with Gasteiger partial charge in [0.2, 0.25) is 0 Å². The highest BCUT2D eigenvalue weighted by atomic mass is 19.1. The van der Waals surface area contributed by atoms with Crippen LogP contribution in [0, 0.1) is 5.82 Å². The van der Waals surface area contributed by atoms with E-state index in [-0.39, 0.29) is 18.3 Å². The van der Waals surface area contributed by atoms with E-state index >= 15 is 0 Å². The van der Waals surface area contributed by atoms with Crippen LogP contribution in [0.3, 0.4) is 0 Å². The molecule has 0 aromatic heterocycles. The summed E-state index contributed by atoms with van der Waals surface area (Å²) in [6.07, 6.45) is 0.631. The zero-order valence-electron chi connectivity index (χ0n) is 12.2. The number of rotatable bonds is 6. The van der Waals surface area contributed by atoms with Crippen LogP contribution >= 0.6 is 0 Å². The number of hydrogen-bond acceptors (Lipinski definition) is 3. The number of aliphatic hydroxyl groups is 1. The van der Waals surface area contributed by atoms with Crippen molar-refractivity contribution in [1.29, 1.82) is 0 Å². The molecule has 0 bridgehead atoms. The summed E-state index contributed by atoms with van der Waals surface area (Å²) in [6.45, 7) is 0.00681. The first-order valence-electron chi connectivity index (χ1n) is 6.75. The van der Waals surface area contributed by atoms with E-state index in [1.165, 1.54) is 12.1 Å². The Bertz CT molecular complexity index is 581. The van der Waals surface area contributed by atoms with Gasteiger partial charge in [0.05, 0.1) is 20.8 Å². The summed E-state index contributed by atoms with van der Waals surface area (Å²) < 4.78 is 23.4. The van der Waals surface area contributed by atoms with Gasteiger partial charge in [-0.3, -0.25) is 0 Å². The molecule has 0 radical (unpaired) electrons. The van der Waals surface area contributed by atoms with Crippen LogP contribution in [0.25, 0.3) is 0 Å². The summed E-state index contributed by atoms with van der Waals surface area (Å²) in [5.41, 5.74) is 1.93. The molecule has 0 spiro atoms. The normalized spacial score (nSPS) is 12.0. The van der Waals surface area contributed by atoms with Gasteiger partial charge < -0.3 is 14.6 Å². The standard InChI is InChI=1S/C17H19FO3/c1-20-16-8-5-13(10-17(16)21-2)14(11-19)9-12-3-6-15(18)7-4-12/h3-8,10,14,19H,9,11H2,1-2H3. The minimum Gasteiger partial charge on any atom is -0.493 e. The molecule has 0 fully saturated rings. The van der Waals surface area contributed by atoms with Crippen molar-refractivity contribution < 1.29 is 19.0 Å². The molecule has 0 aliphatic heterocycles. The van der Waals surface area contributed by atoms with E-state index in [1.807, 2.05) is 18.2 Å². The molecule has 21 heavy (non-hydrogen) atoms. The monoisotopic (exact) mass is 290 g/mol. The molecule has 3 nitrogen and oxygen atoms in total. The molecule has 4 heteroatoms. The van der Waals surface area contributed by atoms with Gasteiger partial charge in [-0.25, -0.2) is 4.39 Å². The first-order chi connectivity index (χ1) is 10.2. The second-order valence-corrected chi connectivity index (χ2v) is 4.82. The summed E-state index contributed by atoms with van der Waals surface area (Å²) >= 11 is 0. The van der Waals surface area contributed by atoms with E-state index in [9.17, 15) is 9.50 Å². The molecule has 2 rings (SSSR count). The van der Waals surface area contributed by atoms with Crippen LogP contribution in [-0.4, -0.2) is 25.9 Å². The Balaban J connectivity index is 2.22. The Labute approximate surface area is 124 Å². The highest BCUT2D eigenvalue weighted by molar-refractivity contribution is 5.44. The maximum atomic E-state index is 12.9. The molecular weight excluding hydrogens is 271 g/mol. The van der Waals surface area contributed by atoms with Crippen LogP contribution in [0.15, 0.2) is 42.5 Å². The van der Waals surface area contributed by atoms with Gasteiger partial charge in [-0.1, -0.05) is 18.2 Å². The fourth-order valence-electron chi connectivity index (χ4n) is 2.30. The van der Waals surface area contributed by atoms with Crippen LogP contribution in [0.5, 0.6) is 11.5 Å². The first-order valence-corrected chi connectivity index (χ1v) is 6.75. The van der Waals surface area contributed by atoms with Gasteiger partial charge >= 0.3 is 0 Å². The van der Waals surface area contributed by atoms with Gasteiger partial charge in [0.1, 0.15) is 5.82 Å². The summed E-state index contributed by atoms with van der Waals surface area (Å²) in [6, 6.07) is 11.9. The number of ether oxygens (including phenoxy) is 2. The molecule has 0 aliphatic rings. The van der Waals surface area contributed by atoms with Gasteiger partial charge in [0.25, 0.3) is 0 Å². The fourth-order valence-corrected chi connectivity index (χ4v) is 2.30. The van der Waals surface area contributed by atoms with Crippen molar-refractivity contribution in [2.45, 2.75) is 12.3 Å². The van der Waals surface area contributed by atoms with Crippen molar-refractivity contribution in [1.82, 2.24) is 0 Å².